The molecule has 1 aliphatic heterocycles. The summed E-state index contributed by atoms with van der Waals surface area (Å²) in [6, 6.07) is 0.266. The van der Waals surface area contributed by atoms with Gasteiger partial charge in [0.1, 0.15) is 5.60 Å². The predicted octanol–water partition coefficient (Wildman–Crippen LogP) is 3.17. The Morgan fingerprint density at radius 1 is 1.43 bits per heavy atom. The summed E-state index contributed by atoms with van der Waals surface area (Å²) in [5, 5.41) is 8.26. The van der Waals surface area contributed by atoms with Crippen molar-refractivity contribution >= 4 is 22.0 Å². The summed E-state index contributed by atoms with van der Waals surface area (Å²) < 4.78 is 8.18. The molecule has 6 nitrogen and oxygen atoms in total. The average Bonchev–Trinajstić information content (AvgIpc) is 2.68. The minimum absolute atomic E-state index is 0.232. The molecule has 2 atom stereocenters. The molecule has 0 bridgehead atoms. The van der Waals surface area contributed by atoms with Gasteiger partial charge in [-0.15, -0.1) is 5.10 Å². The second-order valence-corrected chi connectivity index (χ2v) is 7.42. The molecule has 2 rings (SSSR count). The molecule has 2 heterocycles. The first-order valence-corrected chi connectivity index (χ1v) is 8.03. The van der Waals surface area contributed by atoms with E-state index in [1.807, 2.05) is 32.4 Å². The number of piperidine rings is 1. The average molecular weight is 359 g/mol. The topological polar surface area (TPSA) is 60.2 Å². The molecular formula is C14H23BrN4O2. The summed E-state index contributed by atoms with van der Waals surface area (Å²) in [5.74, 6) is 0.304. The first-order chi connectivity index (χ1) is 9.69. The van der Waals surface area contributed by atoms with Crippen LogP contribution in [0.15, 0.2) is 4.60 Å². The molecule has 0 aliphatic carbocycles. The minimum Gasteiger partial charge on any atom is -0.444 e. The highest BCUT2D eigenvalue weighted by Crippen LogP contribution is 2.30. The lowest BCUT2D eigenvalue weighted by molar-refractivity contribution is 0.0116. The largest absolute Gasteiger partial charge is 0.444 e. The minimum atomic E-state index is -0.454. The van der Waals surface area contributed by atoms with Crippen molar-refractivity contribution in [2.75, 3.05) is 13.1 Å². The normalized spacial score (nSPS) is 23.2. The quantitative estimate of drug-likeness (QED) is 0.773. The maximum atomic E-state index is 12.1. The van der Waals surface area contributed by atoms with E-state index in [0.29, 0.717) is 19.0 Å². The van der Waals surface area contributed by atoms with Gasteiger partial charge in [0.2, 0.25) is 0 Å². The third-order valence-corrected chi connectivity index (χ3v) is 4.43. The van der Waals surface area contributed by atoms with E-state index in [1.54, 1.807) is 4.90 Å². The van der Waals surface area contributed by atoms with Crippen LogP contribution in [0.2, 0.25) is 0 Å². The molecule has 0 radical (unpaired) electrons. The molecule has 118 valence electrons. The fourth-order valence-electron chi connectivity index (χ4n) is 2.63. The van der Waals surface area contributed by atoms with Crippen LogP contribution < -0.4 is 0 Å². The van der Waals surface area contributed by atoms with Crippen LogP contribution in [0.3, 0.4) is 0 Å². The van der Waals surface area contributed by atoms with Crippen molar-refractivity contribution in [3.63, 3.8) is 0 Å². The highest BCUT2D eigenvalue weighted by atomic mass is 79.9. The summed E-state index contributed by atoms with van der Waals surface area (Å²) in [6.45, 7) is 11.1. The predicted molar refractivity (Wildman–Crippen MR) is 83.1 cm³/mol. The lowest BCUT2D eigenvalue weighted by Gasteiger charge is -2.37. The van der Waals surface area contributed by atoms with E-state index in [-0.39, 0.29) is 12.1 Å². The van der Waals surface area contributed by atoms with Crippen molar-refractivity contribution in [1.82, 2.24) is 19.9 Å². The summed E-state index contributed by atoms with van der Waals surface area (Å²) in [4.78, 5) is 13.9. The zero-order valence-corrected chi connectivity index (χ0v) is 14.8. The van der Waals surface area contributed by atoms with Crippen molar-refractivity contribution in [3.05, 3.63) is 10.3 Å². The molecule has 21 heavy (non-hydrogen) atoms. The third-order valence-electron chi connectivity index (χ3n) is 3.70. The molecule has 0 spiro atoms. The molecule has 1 aromatic heterocycles. The molecule has 0 aromatic carbocycles. The Hall–Kier alpha value is -1.11. The molecule has 1 fully saturated rings. The van der Waals surface area contributed by atoms with Crippen molar-refractivity contribution in [2.45, 2.75) is 52.7 Å². The van der Waals surface area contributed by atoms with Crippen LogP contribution in [0.25, 0.3) is 0 Å². The highest BCUT2D eigenvalue weighted by Gasteiger charge is 2.33. The molecule has 1 amide bonds. The SMILES string of the molecule is Cc1c(Br)nnn1[C@@H]1CCN(C(=O)OC(C)(C)C)C[C@H]1C. The summed E-state index contributed by atoms with van der Waals surface area (Å²) in [6.07, 6.45) is 0.626. The first kappa shape index (κ1) is 16.3. The van der Waals surface area contributed by atoms with Crippen molar-refractivity contribution in [1.29, 1.82) is 0 Å². The van der Waals surface area contributed by atoms with Gasteiger partial charge in [0.05, 0.1) is 11.7 Å². The van der Waals surface area contributed by atoms with E-state index >= 15 is 0 Å². The number of carbonyl (C=O) groups excluding carboxylic acids is 1. The molecule has 1 aliphatic rings. The number of ether oxygens (including phenoxy) is 1. The van der Waals surface area contributed by atoms with Gasteiger partial charge in [-0.1, -0.05) is 12.1 Å². The maximum Gasteiger partial charge on any atom is 0.410 e. The Kier molecular flexibility index (Phi) is 4.60. The summed E-state index contributed by atoms with van der Waals surface area (Å²) in [7, 11) is 0. The number of hydrogen-bond donors (Lipinski definition) is 0. The van der Waals surface area contributed by atoms with Crippen LogP contribution in [-0.4, -0.2) is 44.7 Å². The van der Waals surface area contributed by atoms with Gasteiger partial charge in [-0.2, -0.15) is 0 Å². The van der Waals surface area contributed by atoms with Gasteiger partial charge < -0.3 is 9.64 Å². The van der Waals surface area contributed by atoms with E-state index in [1.165, 1.54) is 0 Å². The van der Waals surface area contributed by atoms with Crippen molar-refractivity contribution < 1.29 is 9.53 Å². The number of aromatic nitrogens is 3. The number of halogens is 1. The second-order valence-electron chi connectivity index (χ2n) is 6.67. The number of nitrogens with zero attached hydrogens (tertiary/aromatic N) is 4. The number of rotatable bonds is 1. The van der Waals surface area contributed by atoms with Crippen LogP contribution in [0.4, 0.5) is 4.79 Å². The van der Waals surface area contributed by atoms with Crippen LogP contribution in [0.1, 0.15) is 45.9 Å². The number of hydrogen-bond acceptors (Lipinski definition) is 4. The number of amides is 1. The van der Waals surface area contributed by atoms with Gasteiger partial charge in [0.15, 0.2) is 4.60 Å². The lowest BCUT2D eigenvalue weighted by Crippen LogP contribution is -2.45. The lowest BCUT2D eigenvalue weighted by atomic mass is 9.94. The van der Waals surface area contributed by atoms with Crippen LogP contribution >= 0.6 is 15.9 Å². The van der Waals surface area contributed by atoms with Crippen molar-refractivity contribution in [2.24, 2.45) is 5.92 Å². The van der Waals surface area contributed by atoms with Crippen LogP contribution in [0.5, 0.6) is 0 Å². The van der Waals surface area contributed by atoms with Crippen LogP contribution in [0, 0.1) is 12.8 Å². The van der Waals surface area contributed by atoms with Gasteiger partial charge in [-0.3, -0.25) is 0 Å². The van der Waals surface area contributed by atoms with Crippen molar-refractivity contribution in [3.8, 4) is 0 Å². The Morgan fingerprint density at radius 3 is 2.57 bits per heavy atom. The van der Waals surface area contributed by atoms with Gasteiger partial charge in [0.25, 0.3) is 0 Å². The fourth-order valence-corrected chi connectivity index (χ4v) is 2.88. The van der Waals surface area contributed by atoms with E-state index < -0.39 is 5.60 Å². The summed E-state index contributed by atoms with van der Waals surface area (Å²) in [5.41, 5.74) is 0.572. The number of carbonyl (C=O) groups is 1. The standard InChI is InChI=1S/C14H23BrN4O2/c1-9-8-18(13(20)21-14(3,4)5)7-6-11(9)19-10(2)12(15)16-17-19/h9,11H,6-8H2,1-5H3/t9-,11-/m1/s1. The monoisotopic (exact) mass is 358 g/mol. The van der Waals surface area contributed by atoms with E-state index in [2.05, 4.69) is 33.2 Å². The maximum absolute atomic E-state index is 12.1. The fraction of sp³-hybridized carbons (Fsp3) is 0.786. The van der Waals surface area contributed by atoms with Gasteiger partial charge in [-0.05, 0) is 56.0 Å². The zero-order valence-electron chi connectivity index (χ0n) is 13.3. The Morgan fingerprint density at radius 2 is 2.10 bits per heavy atom. The molecule has 1 aromatic rings. The van der Waals surface area contributed by atoms with Gasteiger partial charge in [-0.25, -0.2) is 9.48 Å². The second kappa shape index (κ2) is 5.94. The Balaban J connectivity index is 2.02. The Labute approximate surface area is 134 Å². The third kappa shape index (κ3) is 3.75. The summed E-state index contributed by atoms with van der Waals surface area (Å²) >= 11 is 3.39. The van der Waals surface area contributed by atoms with E-state index in [0.717, 1.165) is 16.7 Å². The van der Waals surface area contributed by atoms with Crippen LogP contribution in [-0.2, 0) is 4.74 Å². The highest BCUT2D eigenvalue weighted by molar-refractivity contribution is 9.10. The molecular weight excluding hydrogens is 336 g/mol. The zero-order chi connectivity index (χ0) is 15.8. The van der Waals surface area contributed by atoms with E-state index in [9.17, 15) is 4.79 Å². The molecule has 0 unspecified atom stereocenters. The van der Waals surface area contributed by atoms with E-state index in [4.69, 9.17) is 4.74 Å². The molecule has 7 heteroatoms. The molecule has 0 saturated carbocycles. The Bertz CT molecular complexity index is 524. The molecule has 1 saturated heterocycles. The number of likely N-dealkylation sites (tertiary alicyclic amines) is 1. The van der Waals surface area contributed by atoms with Gasteiger partial charge >= 0.3 is 6.09 Å². The smallest absolute Gasteiger partial charge is 0.410 e. The molecule has 0 N–H and O–H groups in total. The van der Waals surface area contributed by atoms with Gasteiger partial charge in [0, 0.05) is 13.1 Å². The first-order valence-electron chi connectivity index (χ1n) is 7.24.